The molecule has 0 unspecified atom stereocenters. The molecule has 0 spiro atoms. The third-order valence-corrected chi connectivity index (χ3v) is 8.51. The molecule has 3 aromatic heterocycles. The van der Waals surface area contributed by atoms with Gasteiger partial charge in [-0.25, -0.2) is 0 Å². The van der Waals surface area contributed by atoms with Crippen molar-refractivity contribution in [1.82, 2.24) is 24.5 Å². The Morgan fingerprint density at radius 2 is 1.72 bits per heavy atom. The van der Waals surface area contributed by atoms with Gasteiger partial charge >= 0.3 is 10.1 Å². The fourth-order valence-corrected chi connectivity index (χ4v) is 6.05. The molecule has 9 nitrogen and oxygen atoms in total. The number of likely N-dealkylation sites (N-methyl/N-ethyl adjacent to an activating group) is 1. The summed E-state index contributed by atoms with van der Waals surface area (Å²) in [5.41, 5.74) is 2.34. The Labute approximate surface area is 212 Å². The molecule has 184 valence electrons. The predicted octanol–water partition coefficient (Wildman–Crippen LogP) is 3.83. The van der Waals surface area contributed by atoms with Gasteiger partial charge in [0.15, 0.2) is 11.5 Å². The smallest absolute Gasteiger partial charge is 0.340 e. The van der Waals surface area contributed by atoms with E-state index in [1.54, 1.807) is 34.1 Å². The van der Waals surface area contributed by atoms with Crippen LogP contribution in [-0.4, -0.2) is 66.1 Å². The minimum absolute atomic E-state index is 0.0545. The molecule has 1 aliphatic rings. The molecular formula is C25H24N6O3S2. The van der Waals surface area contributed by atoms with Gasteiger partial charge in [0, 0.05) is 53.3 Å². The first kappa shape index (κ1) is 22.9. The van der Waals surface area contributed by atoms with Crippen LogP contribution >= 0.6 is 11.3 Å². The molecule has 11 heteroatoms. The van der Waals surface area contributed by atoms with E-state index in [2.05, 4.69) is 28.0 Å². The van der Waals surface area contributed by atoms with Gasteiger partial charge in [-0.3, -0.25) is 0 Å². The quantitative estimate of drug-likeness (QED) is 0.323. The Bertz CT molecular complexity index is 1670. The third-order valence-electron chi connectivity index (χ3n) is 6.30. The van der Waals surface area contributed by atoms with Crippen molar-refractivity contribution >= 4 is 43.1 Å². The van der Waals surface area contributed by atoms with Gasteiger partial charge < -0.3 is 14.0 Å². The second-order valence-electron chi connectivity index (χ2n) is 8.89. The first-order valence-corrected chi connectivity index (χ1v) is 13.9. The highest BCUT2D eigenvalue weighted by Crippen LogP contribution is 2.34. The van der Waals surface area contributed by atoms with Crippen LogP contribution in [0.4, 0.5) is 5.95 Å². The van der Waals surface area contributed by atoms with Crippen LogP contribution in [-0.2, 0) is 10.1 Å². The molecule has 1 saturated heterocycles. The summed E-state index contributed by atoms with van der Waals surface area (Å²) in [4.78, 5) is 14.1. The standard InChI is InChI=1S/C25H24N6O3S2/c1-17-7-9-18(10-8-17)36(32,33)34-23-15-22-26-25(30-13-11-29(2)12-14-30)27-24(31(22)28-23)20-16-35-21-6-4-3-5-19(20)21/h3-10,15-16H,11-14H2,1-2H3. The average molecular weight is 521 g/mol. The molecule has 0 atom stereocenters. The second-order valence-corrected chi connectivity index (χ2v) is 11.3. The number of benzene rings is 2. The zero-order valence-corrected chi connectivity index (χ0v) is 21.5. The lowest BCUT2D eigenvalue weighted by Crippen LogP contribution is -2.45. The first-order chi connectivity index (χ1) is 17.4. The Balaban J connectivity index is 1.47. The van der Waals surface area contributed by atoms with E-state index in [-0.39, 0.29) is 10.8 Å². The van der Waals surface area contributed by atoms with Crippen molar-refractivity contribution in [3.8, 4) is 17.3 Å². The van der Waals surface area contributed by atoms with Gasteiger partial charge in [0.1, 0.15) is 4.90 Å². The van der Waals surface area contributed by atoms with Crippen LogP contribution in [0.3, 0.4) is 0 Å². The highest BCUT2D eigenvalue weighted by Gasteiger charge is 2.24. The molecule has 1 fully saturated rings. The highest BCUT2D eigenvalue weighted by molar-refractivity contribution is 7.87. The molecule has 0 radical (unpaired) electrons. The molecule has 2 aromatic carbocycles. The molecule has 0 aliphatic carbocycles. The van der Waals surface area contributed by atoms with Crippen LogP contribution in [0.15, 0.2) is 64.9 Å². The summed E-state index contributed by atoms with van der Waals surface area (Å²) in [6.07, 6.45) is 0. The Morgan fingerprint density at radius 1 is 0.972 bits per heavy atom. The fourth-order valence-electron chi connectivity index (χ4n) is 4.23. The molecule has 0 amide bonds. The lowest BCUT2D eigenvalue weighted by atomic mass is 10.1. The summed E-state index contributed by atoms with van der Waals surface area (Å²) in [6.45, 7) is 5.32. The molecule has 4 heterocycles. The monoisotopic (exact) mass is 520 g/mol. The Morgan fingerprint density at radius 3 is 2.50 bits per heavy atom. The molecule has 0 N–H and O–H groups in total. The van der Waals surface area contributed by atoms with Gasteiger partial charge in [-0.05, 0) is 32.2 Å². The van der Waals surface area contributed by atoms with Gasteiger partial charge in [-0.1, -0.05) is 35.9 Å². The third kappa shape index (κ3) is 4.19. The number of anilines is 1. The molecule has 0 saturated carbocycles. The second kappa shape index (κ2) is 8.84. The molecule has 36 heavy (non-hydrogen) atoms. The van der Waals surface area contributed by atoms with Crippen molar-refractivity contribution in [1.29, 1.82) is 0 Å². The number of aromatic nitrogens is 4. The first-order valence-electron chi connectivity index (χ1n) is 11.6. The van der Waals surface area contributed by atoms with Crippen LogP contribution in [0, 0.1) is 6.92 Å². The van der Waals surface area contributed by atoms with Crippen LogP contribution < -0.4 is 9.08 Å². The highest BCUT2D eigenvalue weighted by atomic mass is 32.2. The maximum atomic E-state index is 12.9. The minimum atomic E-state index is -4.05. The van der Waals surface area contributed by atoms with Gasteiger partial charge in [0.2, 0.25) is 5.95 Å². The molecule has 5 aromatic rings. The van der Waals surface area contributed by atoms with E-state index in [4.69, 9.17) is 14.2 Å². The van der Waals surface area contributed by atoms with E-state index in [9.17, 15) is 8.42 Å². The number of rotatable bonds is 5. The number of hydrogen-bond acceptors (Lipinski definition) is 9. The van der Waals surface area contributed by atoms with Crippen LogP contribution in [0.25, 0.3) is 27.1 Å². The normalized spacial score (nSPS) is 15.1. The largest absolute Gasteiger partial charge is 0.356 e. The maximum absolute atomic E-state index is 12.9. The van der Waals surface area contributed by atoms with E-state index in [0.29, 0.717) is 17.4 Å². The van der Waals surface area contributed by atoms with Crippen LogP contribution in [0.5, 0.6) is 5.88 Å². The van der Waals surface area contributed by atoms with Crippen molar-refractivity contribution in [3.63, 3.8) is 0 Å². The van der Waals surface area contributed by atoms with Gasteiger partial charge in [0.25, 0.3) is 5.88 Å². The van der Waals surface area contributed by atoms with E-state index in [0.717, 1.165) is 47.4 Å². The molecule has 6 rings (SSSR count). The summed E-state index contributed by atoms with van der Waals surface area (Å²) in [7, 11) is -1.96. The van der Waals surface area contributed by atoms with Crippen molar-refractivity contribution in [2.45, 2.75) is 11.8 Å². The summed E-state index contributed by atoms with van der Waals surface area (Å²) >= 11 is 1.63. The number of nitrogens with zero attached hydrogens (tertiary/aromatic N) is 6. The summed E-state index contributed by atoms with van der Waals surface area (Å²) in [6, 6.07) is 16.2. The zero-order chi connectivity index (χ0) is 24.9. The fraction of sp³-hybridized carbons (Fsp3) is 0.240. The number of piperazine rings is 1. The zero-order valence-electron chi connectivity index (χ0n) is 19.8. The summed E-state index contributed by atoms with van der Waals surface area (Å²) < 4.78 is 33.9. The van der Waals surface area contributed by atoms with Crippen LogP contribution in [0.2, 0.25) is 0 Å². The maximum Gasteiger partial charge on any atom is 0.340 e. The van der Waals surface area contributed by atoms with E-state index in [1.165, 1.54) is 12.1 Å². The number of fused-ring (bicyclic) bond motifs is 2. The SMILES string of the molecule is Cc1ccc(S(=O)(=O)Oc2cc3nc(N4CCN(C)CC4)nc(-c4csc5ccccc45)n3n2)cc1. The van der Waals surface area contributed by atoms with Crippen molar-refractivity contribution < 1.29 is 12.6 Å². The lowest BCUT2D eigenvalue weighted by molar-refractivity contribution is 0.311. The van der Waals surface area contributed by atoms with Crippen molar-refractivity contribution in [2.24, 2.45) is 0 Å². The predicted molar refractivity (Wildman–Crippen MR) is 140 cm³/mol. The van der Waals surface area contributed by atoms with Gasteiger partial charge in [-0.15, -0.1) is 16.4 Å². The summed E-state index contributed by atoms with van der Waals surface area (Å²) in [5, 5.41) is 7.57. The number of hydrogen-bond donors (Lipinski definition) is 0. The topological polar surface area (TPSA) is 92.9 Å². The van der Waals surface area contributed by atoms with Gasteiger partial charge in [-0.2, -0.15) is 22.9 Å². The Kier molecular flexibility index (Phi) is 5.62. The van der Waals surface area contributed by atoms with E-state index >= 15 is 0 Å². The van der Waals surface area contributed by atoms with E-state index < -0.39 is 10.1 Å². The van der Waals surface area contributed by atoms with Gasteiger partial charge in [0.05, 0.1) is 0 Å². The van der Waals surface area contributed by atoms with E-state index in [1.807, 2.05) is 30.5 Å². The summed E-state index contributed by atoms with van der Waals surface area (Å²) in [5.74, 6) is 1.13. The molecular weight excluding hydrogens is 496 g/mol. The number of thiophene rings is 1. The van der Waals surface area contributed by atoms with Crippen LogP contribution in [0.1, 0.15) is 5.56 Å². The number of aryl methyl sites for hydroxylation is 1. The average Bonchev–Trinajstić information content (AvgIpc) is 3.47. The Hall–Kier alpha value is -3.54. The van der Waals surface area contributed by atoms with Crippen molar-refractivity contribution in [2.75, 3.05) is 38.1 Å². The molecule has 0 bridgehead atoms. The molecule has 1 aliphatic heterocycles. The minimum Gasteiger partial charge on any atom is -0.356 e. The van der Waals surface area contributed by atoms with Crippen molar-refractivity contribution in [3.05, 3.63) is 65.5 Å². The lowest BCUT2D eigenvalue weighted by Gasteiger charge is -2.32.